The summed E-state index contributed by atoms with van der Waals surface area (Å²) in [7, 11) is 0. The lowest BCUT2D eigenvalue weighted by Gasteiger charge is -2.54. The fourth-order valence-electron chi connectivity index (χ4n) is 6.04. The van der Waals surface area contributed by atoms with Crippen LogP contribution in [0.2, 0.25) is 10.0 Å². The molecule has 0 saturated heterocycles. The number of hydrogen-bond acceptors (Lipinski definition) is 2. The maximum atomic E-state index is 6.25. The first-order chi connectivity index (χ1) is 13.6. The Morgan fingerprint density at radius 1 is 0.893 bits per heavy atom. The van der Waals surface area contributed by atoms with Crippen LogP contribution in [0, 0.1) is 23.7 Å². The number of ether oxygens (including phenoxy) is 1. The summed E-state index contributed by atoms with van der Waals surface area (Å²) < 4.78 is 5.98. The van der Waals surface area contributed by atoms with E-state index in [1.807, 2.05) is 18.2 Å². The highest BCUT2D eigenvalue weighted by molar-refractivity contribution is 6.35. The molecule has 4 heteroatoms. The van der Waals surface area contributed by atoms with Gasteiger partial charge in [0, 0.05) is 28.2 Å². The van der Waals surface area contributed by atoms with Gasteiger partial charge in [-0.2, -0.15) is 0 Å². The van der Waals surface area contributed by atoms with E-state index in [2.05, 4.69) is 23.5 Å². The zero-order valence-electron chi connectivity index (χ0n) is 16.0. The summed E-state index contributed by atoms with van der Waals surface area (Å²) >= 11 is 12.2. The van der Waals surface area contributed by atoms with E-state index in [1.165, 1.54) is 37.7 Å². The van der Waals surface area contributed by atoms with E-state index >= 15 is 0 Å². The van der Waals surface area contributed by atoms with Crippen molar-refractivity contribution in [2.24, 2.45) is 23.7 Å². The third-order valence-electron chi connectivity index (χ3n) is 7.08. The summed E-state index contributed by atoms with van der Waals surface area (Å²) in [5.74, 6) is 4.75. The minimum Gasteiger partial charge on any atom is -0.489 e. The topological polar surface area (TPSA) is 21.3 Å². The van der Waals surface area contributed by atoms with E-state index in [4.69, 9.17) is 27.9 Å². The molecule has 4 fully saturated rings. The second kappa shape index (κ2) is 7.89. The Bertz CT molecular complexity index is 824. The molecule has 0 amide bonds. The van der Waals surface area contributed by atoms with E-state index < -0.39 is 0 Å². The molecule has 148 valence electrons. The van der Waals surface area contributed by atoms with Crippen molar-refractivity contribution in [2.75, 3.05) is 0 Å². The van der Waals surface area contributed by atoms with Gasteiger partial charge in [0.2, 0.25) is 0 Å². The van der Waals surface area contributed by atoms with Gasteiger partial charge in [-0.3, -0.25) is 0 Å². The first-order valence-corrected chi connectivity index (χ1v) is 11.3. The molecule has 28 heavy (non-hydrogen) atoms. The molecular formula is C24H27Cl2NO. The highest BCUT2D eigenvalue weighted by atomic mass is 35.5. The Labute approximate surface area is 177 Å². The smallest absolute Gasteiger partial charge is 0.120 e. The third-order valence-corrected chi connectivity index (χ3v) is 7.66. The minimum atomic E-state index is 0.447. The van der Waals surface area contributed by atoms with Crippen LogP contribution in [0.5, 0.6) is 5.75 Å². The Morgan fingerprint density at radius 3 is 2.36 bits per heavy atom. The molecule has 4 bridgehead atoms. The van der Waals surface area contributed by atoms with Gasteiger partial charge >= 0.3 is 0 Å². The van der Waals surface area contributed by atoms with Crippen LogP contribution in [-0.4, -0.2) is 6.04 Å². The van der Waals surface area contributed by atoms with Crippen molar-refractivity contribution in [1.82, 2.24) is 5.32 Å². The fraction of sp³-hybridized carbons (Fsp3) is 0.500. The summed E-state index contributed by atoms with van der Waals surface area (Å²) in [6, 6.07) is 14.7. The summed E-state index contributed by atoms with van der Waals surface area (Å²) in [5, 5.41) is 5.20. The van der Waals surface area contributed by atoms with Gasteiger partial charge in [-0.1, -0.05) is 41.4 Å². The quantitative estimate of drug-likeness (QED) is 0.581. The molecular weight excluding hydrogens is 389 g/mol. The van der Waals surface area contributed by atoms with Crippen molar-refractivity contribution in [1.29, 1.82) is 0 Å². The van der Waals surface area contributed by atoms with Crippen molar-refractivity contribution in [3.05, 3.63) is 63.6 Å². The molecule has 0 radical (unpaired) electrons. The van der Waals surface area contributed by atoms with Gasteiger partial charge in [-0.15, -0.1) is 0 Å². The van der Waals surface area contributed by atoms with Gasteiger partial charge in [0.05, 0.1) is 0 Å². The second-order valence-corrected chi connectivity index (χ2v) is 9.85. The van der Waals surface area contributed by atoms with Crippen LogP contribution < -0.4 is 10.1 Å². The van der Waals surface area contributed by atoms with Gasteiger partial charge in [-0.05, 0) is 85.6 Å². The number of rotatable bonds is 6. The predicted molar refractivity (Wildman–Crippen MR) is 115 cm³/mol. The van der Waals surface area contributed by atoms with E-state index in [1.54, 1.807) is 6.07 Å². The maximum Gasteiger partial charge on any atom is 0.120 e. The Balaban J connectivity index is 1.19. The van der Waals surface area contributed by atoms with Crippen molar-refractivity contribution >= 4 is 23.2 Å². The second-order valence-electron chi connectivity index (χ2n) is 9.01. The molecule has 2 aromatic rings. The Hall–Kier alpha value is -1.22. The van der Waals surface area contributed by atoms with Crippen molar-refractivity contribution in [3.8, 4) is 5.75 Å². The molecule has 4 aliphatic rings. The van der Waals surface area contributed by atoms with Crippen LogP contribution in [0.15, 0.2) is 42.5 Å². The first-order valence-electron chi connectivity index (χ1n) is 10.5. The lowest BCUT2D eigenvalue weighted by molar-refractivity contribution is -0.0142. The summed E-state index contributed by atoms with van der Waals surface area (Å²) in [5.41, 5.74) is 2.23. The average Bonchev–Trinajstić information content (AvgIpc) is 2.67. The number of nitrogens with one attached hydrogen (secondary N) is 1. The van der Waals surface area contributed by atoms with Crippen LogP contribution in [0.1, 0.15) is 43.2 Å². The largest absolute Gasteiger partial charge is 0.489 e. The van der Waals surface area contributed by atoms with E-state index in [0.29, 0.717) is 22.7 Å². The lowest BCUT2D eigenvalue weighted by Crippen LogP contribution is -2.54. The fourth-order valence-corrected chi connectivity index (χ4v) is 6.50. The van der Waals surface area contributed by atoms with Gasteiger partial charge in [-0.25, -0.2) is 0 Å². The van der Waals surface area contributed by atoms with Crippen molar-refractivity contribution in [3.63, 3.8) is 0 Å². The Kier molecular flexibility index (Phi) is 5.30. The van der Waals surface area contributed by atoms with Crippen LogP contribution in [0.3, 0.4) is 0 Å². The predicted octanol–water partition coefficient (Wildman–Crippen LogP) is 6.49. The third kappa shape index (κ3) is 3.92. The van der Waals surface area contributed by atoms with Gasteiger partial charge in [0.15, 0.2) is 0 Å². The highest BCUT2D eigenvalue weighted by Crippen LogP contribution is 2.53. The monoisotopic (exact) mass is 415 g/mol. The molecule has 2 nitrogen and oxygen atoms in total. The highest BCUT2D eigenvalue weighted by Gasteiger charge is 2.47. The molecule has 0 aromatic heterocycles. The van der Waals surface area contributed by atoms with Gasteiger partial charge < -0.3 is 10.1 Å². The van der Waals surface area contributed by atoms with Gasteiger partial charge in [0.25, 0.3) is 0 Å². The zero-order valence-corrected chi connectivity index (χ0v) is 17.6. The zero-order chi connectivity index (χ0) is 19.1. The molecule has 0 unspecified atom stereocenters. The van der Waals surface area contributed by atoms with Crippen LogP contribution in [0.4, 0.5) is 0 Å². The summed E-state index contributed by atoms with van der Waals surface area (Å²) in [4.78, 5) is 0. The Morgan fingerprint density at radius 2 is 1.64 bits per heavy atom. The van der Waals surface area contributed by atoms with Gasteiger partial charge in [0.1, 0.15) is 12.4 Å². The van der Waals surface area contributed by atoms with Crippen molar-refractivity contribution in [2.45, 2.75) is 51.3 Å². The SMILES string of the molecule is Clc1ccc(COc2cccc(CNC3C4CC5CC(C4)CC3C5)c2)c(Cl)c1. The molecule has 1 N–H and O–H groups in total. The van der Waals surface area contributed by atoms with E-state index in [9.17, 15) is 0 Å². The molecule has 0 aliphatic heterocycles. The van der Waals surface area contributed by atoms with Crippen molar-refractivity contribution < 1.29 is 4.74 Å². The molecule has 0 heterocycles. The maximum absolute atomic E-state index is 6.25. The van der Waals surface area contributed by atoms with Crippen LogP contribution in [0.25, 0.3) is 0 Å². The minimum absolute atomic E-state index is 0.447. The normalized spacial score (nSPS) is 30.6. The molecule has 0 spiro atoms. The lowest BCUT2D eigenvalue weighted by atomic mass is 9.54. The number of halogens is 2. The molecule has 4 saturated carbocycles. The average molecular weight is 416 g/mol. The number of hydrogen-bond donors (Lipinski definition) is 1. The summed E-state index contributed by atoms with van der Waals surface area (Å²) in [6.07, 6.45) is 7.33. The summed E-state index contributed by atoms with van der Waals surface area (Å²) in [6.45, 7) is 1.37. The first kappa shape index (κ1) is 18.8. The molecule has 0 atom stereocenters. The molecule has 2 aromatic carbocycles. The molecule has 4 aliphatic carbocycles. The van der Waals surface area contributed by atoms with E-state index in [-0.39, 0.29) is 0 Å². The van der Waals surface area contributed by atoms with Crippen LogP contribution >= 0.6 is 23.2 Å². The number of benzene rings is 2. The molecule has 6 rings (SSSR count). The van der Waals surface area contributed by atoms with Crippen LogP contribution in [-0.2, 0) is 13.2 Å². The van der Waals surface area contributed by atoms with E-state index in [0.717, 1.165) is 41.5 Å². The standard InChI is InChI=1S/C24H27Cl2NO/c25-21-5-4-18(23(26)12-21)14-28-22-3-1-2-15(11-22)13-27-24-19-7-16-6-17(9-19)10-20(24)8-16/h1-5,11-12,16-17,19-20,24,27H,6-10,13-14H2.